The van der Waals surface area contributed by atoms with Gasteiger partial charge in [-0.25, -0.2) is 9.78 Å². The molecule has 1 aliphatic rings. The van der Waals surface area contributed by atoms with Gasteiger partial charge in [-0.1, -0.05) is 23.7 Å². The third-order valence-electron chi connectivity index (χ3n) is 3.97. The quantitative estimate of drug-likeness (QED) is 0.378. The summed E-state index contributed by atoms with van der Waals surface area (Å²) < 4.78 is 50.0. The van der Waals surface area contributed by atoms with Crippen LogP contribution in [0.2, 0.25) is 5.02 Å². The zero-order valence-corrected chi connectivity index (χ0v) is 18.2. The molecule has 8 nitrogen and oxygen atoms in total. The molecule has 2 heterocycles. The maximum atomic E-state index is 12.5. The molecule has 33 heavy (non-hydrogen) atoms. The van der Waals surface area contributed by atoms with Gasteiger partial charge in [0.25, 0.3) is 0 Å². The van der Waals surface area contributed by atoms with Crippen LogP contribution in [-0.2, 0) is 16.0 Å². The number of fused-ring (bicyclic) bond motifs is 6. The Morgan fingerprint density at radius 2 is 1.82 bits per heavy atom. The Morgan fingerprint density at radius 1 is 1.15 bits per heavy atom. The fourth-order valence-corrected chi connectivity index (χ4v) is 3.61. The van der Waals surface area contributed by atoms with Gasteiger partial charge >= 0.3 is 12.1 Å². The number of carboxylic acid groups (broad SMARTS) is 1. The van der Waals surface area contributed by atoms with Crippen LogP contribution in [0.4, 0.5) is 36.3 Å². The number of halogens is 4. The maximum Gasteiger partial charge on any atom is 0.490 e. The summed E-state index contributed by atoms with van der Waals surface area (Å²) in [5.41, 5.74) is 1.53. The van der Waals surface area contributed by atoms with E-state index in [2.05, 4.69) is 20.6 Å². The lowest BCUT2D eigenvalue weighted by molar-refractivity contribution is -0.192. The van der Waals surface area contributed by atoms with Crippen LogP contribution in [0, 0.1) is 0 Å². The van der Waals surface area contributed by atoms with Gasteiger partial charge in [-0.2, -0.15) is 18.2 Å². The molecule has 1 aromatic heterocycles. The summed E-state index contributed by atoms with van der Waals surface area (Å²) in [6.45, 7) is 0.351. The molecule has 1 unspecified atom stereocenters. The van der Waals surface area contributed by atoms with E-state index in [4.69, 9.17) is 26.2 Å². The molecule has 2 aromatic carbocycles. The summed E-state index contributed by atoms with van der Waals surface area (Å²) in [5.74, 6) is -0.802. The summed E-state index contributed by atoms with van der Waals surface area (Å²) in [6, 6.07) is 14.8. The minimum atomic E-state index is -5.08. The van der Waals surface area contributed by atoms with Crippen LogP contribution in [0.15, 0.2) is 59.6 Å². The molecule has 6 bridgehead atoms. The average Bonchev–Trinajstić information content (AvgIpc) is 2.76. The van der Waals surface area contributed by atoms with Gasteiger partial charge in [0.2, 0.25) is 5.95 Å². The molecule has 0 fully saturated rings. The number of anilines is 4. The number of benzene rings is 2. The second kappa shape index (κ2) is 10.6. The minimum absolute atomic E-state index is 0.351. The Morgan fingerprint density at radius 3 is 2.52 bits per heavy atom. The van der Waals surface area contributed by atoms with E-state index in [1.54, 1.807) is 0 Å². The van der Waals surface area contributed by atoms with Crippen molar-refractivity contribution in [1.29, 1.82) is 0 Å². The van der Waals surface area contributed by atoms with Crippen LogP contribution in [0.1, 0.15) is 0 Å². The van der Waals surface area contributed by atoms with Crippen molar-refractivity contribution in [2.45, 2.75) is 11.1 Å². The average molecular weight is 501 g/mol. The van der Waals surface area contributed by atoms with E-state index in [1.165, 1.54) is 6.20 Å². The maximum absolute atomic E-state index is 12.5. The molecule has 4 rings (SSSR count). The second-order valence-corrected chi connectivity index (χ2v) is 8.37. The first-order valence-electron chi connectivity index (χ1n) is 9.20. The largest absolute Gasteiger partial charge is 0.611 e. The zero-order valence-electron chi connectivity index (χ0n) is 16.6. The number of ether oxygens (including phenoxy) is 1. The molecule has 0 aliphatic carbocycles. The van der Waals surface area contributed by atoms with Crippen molar-refractivity contribution in [2.24, 2.45) is 0 Å². The molecule has 3 N–H and O–H groups in total. The molecular weight excluding hydrogens is 485 g/mol. The number of carbonyl (C=O) groups is 1. The van der Waals surface area contributed by atoms with Gasteiger partial charge in [0.1, 0.15) is 23.1 Å². The van der Waals surface area contributed by atoms with Crippen LogP contribution in [-0.4, -0.2) is 44.1 Å². The van der Waals surface area contributed by atoms with Crippen molar-refractivity contribution in [1.82, 2.24) is 9.97 Å². The highest BCUT2D eigenvalue weighted by Crippen LogP contribution is 2.27. The van der Waals surface area contributed by atoms with E-state index in [0.717, 1.165) is 11.4 Å². The standard InChI is InChI=1S/C18H15ClN4O2S.C2HF3O2/c19-16-11-20-18-22-12-3-1-5-14(9-12)25-7-8-26(24)15-6-2-4-13(10-15)21-17(16)23-18;3-2(4,5)1(6)7/h1-6,9-11H,7-8H2,(H2,20,21,22,23);(H,6,7). The molecule has 0 amide bonds. The minimum Gasteiger partial charge on any atom is -0.611 e. The van der Waals surface area contributed by atoms with Crippen molar-refractivity contribution in [3.63, 3.8) is 0 Å². The molecule has 1 atom stereocenters. The highest BCUT2D eigenvalue weighted by molar-refractivity contribution is 7.91. The van der Waals surface area contributed by atoms with E-state index >= 15 is 0 Å². The summed E-state index contributed by atoms with van der Waals surface area (Å²) in [4.78, 5) is 18.2. The number of alkyl halides is 3. The van der Waals surface area contributed by atoms with Crippen LogP contribution < -0.4 is 15.4 Å². The fraction of sp³-hybridized carbons (Fsp3) is 0.150. The van der Waals surface area contributed by atoms with Gasteiger partial charge in [-0.05, 0) is 35.4 Å². The van der Waals surface area contributed by atoms with Crippen LogP contribution in [0.3, 0.4) is 0 Å². The highest BCUT2D eigenvalue weighted by atomic mass is 35.5. The van der Waals surface area contributed by atoms with Crippen molar-refractivity contribution >= 4 is 51.9 Å². The van der Waals surface area contributed by atoms with Crippen LogP contribution in [0.5, 0.6) is 5.75 Å². The van der Waals surface area contributed by atoms with E-state index in [9.17, 15) is 17.7 Å². The van der Waals surface area contributed by atoms with E-state index in [-0.39, 0.29) is 0 Å². The molecule has 1 aliphatic heterocycles. The number of aliphatic carboxylic acids is 1. The Bertz CT molecular complexity index is 1140. The van der Waals surface area contributed by atoms with Crippen molar-refractivity contribution in [3.8, 4) is 5.75 Å². The SMILES string of the molecule is O=C(O)C(F)(F)F.[O-][S+]1CCOc2cccc(c2)Nc2ncc(Cl)c(n2)Nc2cccc1c2. The number of rotatable bonds is 0. The van der Waals surface area contributed by atoms with Gasteiger partial charge in [-0.15, -0.1) is 0 Å². The van der Waals surface area contributed by atoms with Crippen molar-refractivity contribution in [2.75, 3.05) is 23.0 Å². The topological polar surface area (TPSA) is 119 Å². The molecule has 3 aromatic rings. The highest BCUT2D eigenvalue weighted by Gasteiger charge is 2.38. The summed E-state index contributed by atoms with van der Waals surface area (Å²) in [7, 11) is 0. The third-order valence-corrected chi connectivity index (χ3v) is 5.57. The monoisotopic (exact) mass is 500 g/mol. The third kappa shape index (κ3) is 7.14. The Kier molecular flexibility index (Phi) is 7.84. The van der Waals surface area contributed by atoms with Gasteiger partial charge in [-0.3, -0.25) is 0 Å². The number of hydrogen-bond donors (Lipinski definition) is 3. The number of nitrogens with one attached hydrogen (secondary N) is 2. The van der Waals surface area contributed by atoms with Crippen LogP contribution >= 0.6 is 11.6 Å². The number of hydrogen-bond acceptors (Lipinski definition) is 7. The molecule has 174 valence electrons. The lowest BCUT2D eigenvalue weighted by Gasteiger charge is -2.13. The Hall–Kier alpha value is -3.22. The molecule has 0 saturated heterocycles. The Balaban J connectivity index is 0.000000383. The molecule has 0 spiro atoms. The van der Waals surface area contributed by atoms with Gasteiger partial charge in [0, 0.05) is 23.5 Å². The first kappa shape index (κ1) is 24.4. The van der Waals surface area contributed by atoms with Crippen molar-refractivity contribution < 1.29 is 32.4 Å². The first-order chi connectivity index (χ1) is 15.6. The van der Waals surface area contributed by atoms with Crippen LogP contribution in [0.25, 0.3) is 0 Å². The van der Waals surface area contributed by atoms with E-state index in [1.807, 2.05) is 48.5 Å². The van der Waals surface area contributed by atoms with Gasteiger partial charge in [0.15, 0.2) is 10.7 Å². The van der Waals surface area contributed by atoms with Gasteiger partial charge in [0.05, 0.1) is 6.20 Å². The van der Waals surface area contributed by atoms with Crippen molar-refractivity contribution in [3.05, 3.63) is 59.8 Å². The predicted octanol–water partition coefficient (Wildman–Crippen LogP) is 4.75. The molecular formula is C20H16ClF3N4O4S. The number of aromatic nitrogens is 2. The second-order valence-electron chi connectivity index (χ2n) is 6.40. The van der Waals surface area contributed by atoms with Gasteiger partial charge < -0.3 is 25.0 Å². The summed E-state index contributed by atoms with van der Waals surface area (Å²) >= 11 is 5.05. The zero-order chi connectivity index (χ0) is 24.0. The lowest BCUT2D eigenvalue weighted by atomic mass is 10.3. The lowest BCUT2D eigenvalue weighted by Crippen LogP contribution is -2.21. The first-order valence-corrected chi connectivity index (χ1v) is 10.9. The number of carboxylic acids is 1. The van der Waals surface area contributed by atoms with E-state index < -0.39 is 23.3 Å². The number of nitrogens with zero attached hydrogens (tertiary/aromatic N) is 2. The molecule has 0 radical (unpaired) electrons. The smallest absolute Gasteiger partial charge is 0.490 e. The predicted molar refractivity (Wildman–Crippen MR) is 117 cm³/mol. The summed E-state index contributed by atoms with van der Waals surface area (Å²) in [5, 5.41) is 13.8. The normalized spacial score (nSPS) is 15.2. The Labute approximate surface area is 194 Å². The fourth-order valence-electron chi connectivity index (χ4n) is 2.51. The van der Waals surface area contributed by atoms with E-state index in [0.29, 0.717) is 39.8 Å². The summed E-state index contributed by atoms with van der Waals surface area (Å²) in [6.07, 6.45) is -3.56. The molecule has 13 heteroatoms. The molecule has 0 saturated carbocycles.